The molecule has 2 nitrogen and oxygen atoms in total. The molecule has 2 rings (SSSR count). The van der Waals surface area contributed by atoms with Gasteiger partial charge in [0.25, 0.3) is 0 Å². The fourth-order valence-electron chi connectivity index (χ4n) is 2.44. The molecule has 2 aromatic rings. The van der Waals surface area contributed by atoms with Crippen LogP contribution in [0.2, 0.25) is 5.22 Å². The molecule has 3 heteroatoms. The van der Waals surface area contributed by atoms with Gasteiger partial charge in [0.2, 0.25) is 0 Å². The highest BCUT2D eigenvalue weighted by Gasteiger charge is 2.12. The van der Waals surface area contributed by atoms with Crippen molar-refractivity contribution in [3.8, 4) is 0 Å². The summed E-state index contributed by atoms with van der Waals surface area (Å²) in [5.41, 5.74) is 1.93. The van der Waals surface area contributed by atoms with Crippen molar-refractivity contribution >= 4 is 22.6 Å². The zero-order valence-electron chi connectivity index (χ0n) is 12.6. The van der Waals surface area contributed by atoms with Crippen LogP contribution in [0.3, 0.4) is 0 Å². The molecule has 20 heavy (non-hydrogen) atoms. The molecule has 1 atom stereocenters. The minimum Gasteiger partial charge on any atom is -0.444 e. The third kappa shape index (κ3) is 4.00. The number of benzene rings is 1. The first-order chi connectivity index (χ1) is 9.58. The second-order valence-electron chi connectivity index (χ2n) is 5.96. The van der Waals surface area contributed by atoms with Crippen LogP contribution in [-0.2, 0) is 6.54 Å². The molecule has 0 saturated carbocycles. The molecule has 1 aromatic carbocycles. The molecule has 0 amide bonds. The Morgan fingerprint density at radius 1 is 1.15 bits per heavy atom. The predicted molar refractivity (Wildman–Crippen MR) is 86.2 cm³/mol. The van der Waals surface area contributed by atoms with E-state index in [1.807, 2.05) is 18.2 Å². The van der Waals surface area contributed by atoms with Gasteiger partial charge in [-0.05, 0) is 36.9 Å². The van der Waals surface area contributed by atoms with Gasteiger partial charge in [0.05, 0.1) is 0 Å². The number of fused-ring (bicyclic) bond motifs is 1. The van der Waals surface area contributed by atoms with Crippen LogP contribution < -0.4 is 5.32 Å². The van der Waals surface area contributed by atoms with E-state index in [1.54, 1.807) is 0 Å². The third-order valence-electron chi connectivity index (χ3n) is 3.69. The number of furan rings is 1. The van der Waals surface area contributed by atoms with Crippen LogP contribution >= 0.6 is 11.6 Å². The first-order valence-corrected chi connectivity index (χ1v) is 7.85. The van der Waals surface area contributed by atoms with E-state index in [0.717, 1.165) is 29.0 Å². The van der Waals surface area contributed by atoms with E-state index < -0.39 is 0 Å². The summed E-state index contributed by atoms with van der Waals surface area (Å²) in [4.78, 5) is 0. The van der Waals surface area contributed by atoms with Gasteiger partial charge in [-0.2, -0.15) is 0 Å². The van der Waals surface area contributed by atoms with Gasteiger partial charge in [-0.15, -0.1) is 0 Å². The maximum Gasteiger partial charge on any atom is 0.199 e. The third-order valence-corrected chi connectivity index (χ3v) is 4.00. The predicted octanol–water partition coefficient (Wildman–Crippen LogP) is 5.39. The Morgan fingerprint density at radius 3 is 2.65 bits per heavy atom. The Labute approximate surface area is 126 Å². The van der Waals surface area contributed by atoms with Crippen molar-refractivity contribution in [2.75, 3.05) is 0 Å². The van der Waals surface area contributed by atoms with Crippen molar-refractivity contribution in [1.82, 2.24) is 5.32 Å². The summed E-state index contributed by atoms with van der Waals surface area (Å²) in [6.45, 7) is 7.54. The molecule has 0 radical (unpaired) electrons. The van der Waals surface area contributed by atoms with E-state index in [9.17, 15) is 0 Å². The van der Waals surface area contributed by atoms with E-state index in [4.69, 9.17) is 16.0 Å². The average molecular weight is 294 g/mol. The zero-order valence-corrected chi connectivity index (χ0v) is 13.3. The first-order valence-electron chi connectivity index (χ1n) is 7.47. The topological polar surface area (TPSA) is 25.2 Å². The van der Waals surface area contributed by atoms with Gasteiger partial charge >= 0.3 is 0 Å². The lowest BCUT2D eigenvalue weighted by atomic mass is 10.0. The highest BCUT2D eigenvalue weighted by Crippen LogP contribution is 2.29. The van der Waals surface area contributed by atoms with E-state index in [2.05, 4.69) is 32.2 Å². The summed E-state index contributed by atoms with van der Waals surface area (Å²) in [5.74, 6) is 0.787. The van der Waals surface area contributed by atoms with Crippen LogP contribution in [0, 0.1) is 5.92 Å². The molecule has 1 N–H and O–H groups in total. The minimum absolute atomic E-state index is 0.499. The van der Waals surface area contributed by atoms with Crippen LogP contribution in [0.1, 0.15) is 45.6 Å². The molecule has 0 aliphatic carbocycles. The quantitative estimate of drug-likeness (QED) is 0.740. The Kier molecular flexibility index (Phi) is 5.50. The van der Waals surface area contributed by atoms with Crippen molar-refractivity contribution in [3.05, 3.63) is 35.0 Å². The van der Waals surface area contributed by atoms with E-state index in [-0.39, 0.29) is 0 Å². The van der Waals surface area contributed by atoms with Crippen LogP contribution in [0.15, 0.2) is 28.7 Å². The van der Waals surface area contributed by atoms with Crippen molar-refractivity contribution in [2.45, 2.75) is 52.6 Å². The maximum atomic E-state index is 6.19. The van der Waals surface area contributed by atoms with Crippen LogP contribution in [0.5, 0.6) is 0 Å². The summed E-state index contributed by atoms with van der Waals surface area (Å²) < 4.78 is 5.57. The normalized spacial score (nSPS) is 13.2. The second kappa shape index (κ2) is 7.14. The summed E-state index contributed by atoms with van der Waals surface area (Å²) in [5, 5.41) is 5.17. The van der Waals surface area contributed by atoms with Crippen LogP contribution in [0.25, 0.3) is 11.0 Å². The minimum atomic E-state index is 0.499. The first kappa shape index (κ1) is 15.4. The molecule has 1 unspecified atom stereocenters. The largest absolute Gasteiger partial charge is 0.444 e. The molecule has 1 heterocycles. The Balaban J connectivity index is 1.90. The number of rotatable bonds is 7. The van der Waals surface area contributed by atoms with Gasteiger partial charge in [0.15, 0.2) is 5.22 Å². The molecule has 110 valence electrons. The van der Waals surface area contributed by atoms with Crippen molar-refractivity contribution in [1.29, 1.82) is 0 Å². The van der Waals surface area contributed by atoms with Crippen molar-refractivity contribution in [3.63, 3.8) is 0 Å². The van der Waals surface area contributed by atoms with Crippen molar-refractivity contribution < 1.29 is 4.42 Å². The zero-order chi connectivity index (χ0) is 14.5. The summed E-state index contributed by atoms with van der Waals surface area (Å²) >= 11 is 6.19. The van der Waals surface area contributed by atoms with Gasteiger partial charge in [-0.1, -0.05) is 44.9 Å². The molecular formula is C17H24ClNO. The second-order valence-corrected chi connectivity index (χ2v) is 6.30. The summed E-state index contributed by atoms with van der Waals surface area (Å²) in [7, 11) is 0. The lowest BCUT2D eigenvalue weighted by Crippen LogP contribution is -2.25. The molecule has 0 spiro atoms. The molecule has 1 aromatic heterocycles. The van der Waals surface area contributed by atoms with E-state index in [1.165, 1.54) is 19.3 Å². The Hall–Kier alpha value is -0.990. The van der Waals surface area contributed by atoms with Crippen LogP contribution in [0.4, 0.5) is 0 Å². The lowest BCUT2D eigenvalue weighted by Gasteiger charge is -2.14. The SMILES string of the molecule is CC(C)CCCC(C)NCc1c(Cl)oc2ccccc12. The smallest absolute Gasteiger partial charge is 0.199 e. The number of hydrogen-bond donors (Lipinski definition) is 1. The molecule has 0 aliphatic rings. The fraction of sp³-hybridized carbons (Fsp3) is 0.529. The van der Waals surface area contributed by atoms with Gasteiger partial charge in [-0.25, -0.2) is 0 Å². The molecule has 0 fully saturated rings. The Bertz CT molecular complexity index is 547. The van der Waals surface area contributed by atoms with E-state index >= 15 is 0 Å². The van der Waals surface area contributed by atoms with Crippen molar-refractivity contribution in [2.24, 2.45) is 5.92 Å². The fourth-order valence-corrected chi connectivity index (χ4v) is 2.70. The van der Waals surface area contributed by atoms with Gasteiger partial charge in [0.1, 0.15) is 5.58 Å². The Morgan fingerprint density at radius 2 is 1.90 bits per heavy atom. The summed E-state index contributed by atoms with van der Waals surface area (Å²) in [6, 6.07) is 8.50. The summed E-state index contributed by atoms with van der Waals surface area (Å²) in [6.07, 6.45) is 3.76. The molecule has 0 bridgehead atoms. The monoisotopic (exact) mass is 293 g/mol. The molecular weight excluding hydrogens is 270 g/mol. The van der Waals surface area contributed by atoms with Gasteiger partial charge in [-0.3, -0.25) is 0 Å². The number of para-hydroxylation sites is 1. The van der Waals surface area contributed by atoms with E-state index in [0.29, 0.717) is 11.3 Å². The number of halogens is 1. The molecule has 0 aliphatic heterocycles. The number of nitrogens with one attached hydrogen (secondary N) is 1. The maximum absolute atomic E-state index is 6.19. The molecule has 0 saturated heterocycles. The van der Waals surface area contributed by atoms with Gasteiger partial charge < -0.3 is 9.73 Å². The standard InChI is InChI=1S/C17H24ClNO/c1-12(2)7-6-8-13(3)19-11-15-14-9-4-5-10-16(14)20-17(15)18/h4-5,9-10,12-13,19H,6-8,11H2,1-3H3. The van der Waals surface area contributed by atoms with Crippen LogP contribution in [-0.4, -0.2) is 6.04 Å². The highest BCUT2D eigenvalue weighted by atomic mass is 35.5. The van der Waals surface area contributed by atoms with Gasteiger partial charge in [0, 0.05) is 23.5 Å². The number of hydrogen-bond acceptors (Lipinski definition) is 2. The average Bonchev–Trinajstić information content (AvgIpc) is 2.71. The highest BCUT2D eigenvalue weighted by molar-refractivity contribution is 6.30. The lowest BCUT2D eigenvalue weighted by molar-refractivity contribution is 0.456.